The highest BCUT2D eigenvalue weighted by Crippen LogP contribution is 2.21. The third-order valence-electron chi connectivity index (χ3n) is 2.98. The molecule has 2 N–H and O–H groups in total. The monoisotopic (exact) mass is 326 g/mol. The molecular weight excluding hydrogens is 308 g/mol. The number of benzene rings is 1. The maximum absolute atomic E-state index is 12.4. The van der Waals surface area contributed by atoms with Gasteiger partial charge in [0, 0.05) is 23.9 Å². The third-order valence-corrected chi connectivity index (χ3v) is 5.33. The Kier molecular flexibility index (Phi) is 4.88. The largest absolute Gasteiger partial charge is 0.388 e. The van der Waals surface area contributed by atoms with Crippen molar-refractivity contribution in [2.24, 2.45) is 0 Å². The summed E-state index contributed by atoms with van der Waals surface area (Å²) in [6.07, 6.45) is 3.42. The number of aromatic nitrogens is 1. The molecule has 1 aromatic heterocycles. The summed E-state index contributed by atoms with van der Waals surface area (Å²) in [6, 6.07) is 8.57. The molecule has 0 saturated carbocycles. The van der Waals surface area contributed by atoms with Crippen LogP contribution in [0.5, 0.6) is 0 Å². The van der Waals surface area contributed by atoms with Gasteiger partial charge in [0.15, 0.2) is 0 Å². The molecule has 0 aliphatic rings. The van der Waals surface area contributed by atoms with Crippen LogP contribution in [-0.4, -0.2) is 42.7 Å². The fourth-order valence-corrected chi connectivity index (χ4v) is 4.05. The van der Waals surface area contributed by atoms with Crippen molar-refractivity contribution in [1.82, 2.24) is 9.71 Å². The van der Waals surface area contributed by atoms with E-state index in [4.69, 9.17) is 0 Å². The molecule has 0 fully saturated rings. The van der Waals surface area contributed by atoms with E-state index in [1.807, 2.05) is 18.4 Å². The zero-order valence-corrected chi connectivity index (χ0v) is 13.5. The van der Waals surface area contributed by atoms with Gasteiger partial charge in [0.25, 0.3) is 0 Å². The van der Waals surface area contributed by atoms with E-state index in [1.165, 1.54) is 17.8 Å². The predicted octanol–water partition coefficient (Wildman–Crippen LogP) is 1.63. The number of thioether (sulfide) groups is 1. The number of pyridine rings is 1. The highest BCUT2D eigenvalue weighted by Gasteiger charge is 2.25. The normalized spacial score (nSPS) is 15.0. The Morgan fingerprint density at radius 2 is 2.05 bits per heavy atom. The number of sulfonamides is 1. The van der Waals surface area contributed by atoms with Crippen LogP contribution >= 0.6 is 11.8 Å². The van der Waals surface area contributed by atoms with Gasteiger partial charge in [-0.05, 0) is 25.3 Å². The average Bonchev–Trinajstić information content (AvgIpc) is 2.45. The molecule has 0 saturated heterocycles. The minimum Gasteiger partial charge on any atom is -0.388 e. The molecule has 1 heterocycles. The Bertz CT molecular complexity index is 725. The van der Waals surface area contributed by atoms with Gasteiger partial charge in [-0.15, -0.1) is 0 Å². The molecule has 0 radical (unpaired) electrons. The lowest BCUT2D eigenvalue weighted by atomic mass is 10.1. The van der Waals surface area contributed by atoms with E-state index in [0.717, 1.165) is 5.39 Å². The Hall–Kier alpha value is -1.15. The van der Waals surface area contributed by atoms with E-state index < -0.39 is 15.6 Å². The van der Waals surface area contributed by atoms with Crippen molar-refractivity contribution in [3.05, 3.63) is 36.5 Å². The molecule has 0 aliphatic carbocycles. The van der Waals surface area contributed by atoms with Crippen LogP contribution in [0.4, 0.5) is 0 Å². The Morgan fingerprint density at radius 3 is 2.76 bits per heavy atom. The van der Waals surface area contributed by atoms with Crippen molar-refractivity contribution in [3.8, 4) is 0 Å². The number of aliphatic hydroxyl groups is 1. The van der Waals surface area contributed by atoms with E-state index in [1.54, 1.807) is 25.3 Å². The Balaban J connectivity index is 2.30. The van der Waals surface area contributed by atoms with Crippen LogP contribution in [0.25, 0.3) is 10.9 Å². The van der Waals surface area contributed by atoms with Crippen molar-refractivity contribution >= 4 is 32.7 Å². The van der Waals surface area contributed by atoms with Gasteiger partial charge in [0.05, 0.1) is 11.1 Å². The summed E-state index contributed by atoms with van der Waals surface area (Å²) in [5, 5.41) is 10.8. The number of hydrogen-bond acceptors (Lipinski definition) is 5. The molecule has 0 spiro atoms. The van der Waals surface area contributed by atoms with E-state index in [2.05, 4.69) is 9.71 Å². The zero-order valence-electron chi connectivity index (χ0n) is 11.9. The molecule has 1 atom stereocenters. The van der Waals surface area contributed by atoms with Gasteiger partial charge in [-0.2, -0.15) is 11.8 Å². The standard InChI is InChI=1S/C14H18N2O3S2/c1-14(17,10-20-2)9-16-21(18,19)12-7-3-5-11-6-4-8-15-13(11)12/h3-8,16-17H,9-10H2,1-2H3. The number of rotatable bonds is 6. The minimum atomic E-state index is -3.72. The molecule has 2 aromatic rings. The van der Waals surface area contributed by atoms with Crippen LogP contribution in [0.2, 0.25) is 0 Å². The third kappa shape index (κ3) is 3.94. The van der Waals surface area contributed by atoms with Gasteiger partial charge in [-0.1, -0.05) is 18.2 Å². The Labute approximate surface area is 128 Å². The maximum Gasteiger partial charge on any atom is 0.242 e. The molecule has 114 valence electrons. The molecule has 2 rings (SSSR count). The fraction of sp³-hybridized carbons (Fsp3) is 0.357. The van der Waals surface area contributed by atoms with Gasteiger partial charge in [-0.25, -0.2) is 13.1 Å². The molecule has 7 heteroatoms. The summed E-state index contributed by atoms with van der Waals surface area (Å²) in [7, 11) is -3.72. The predicted molar refractivity (Wildman–Crippen MR) is 85.9 cm³/mol. The van der Waals surface area contributed by atoms with Crippen molar-refractivity contribution in [2.45, 2.75) is 17.4 Å². The van der Waals surface area contributed by atoms with Gasteiger partial charge in [0.1, 0.15) is 4.90 Å². The molecule has 1 unspecified atom stereocenters. The molecule has 0 aliphatic heterocycles. The van der Waals surface area contributed by atoms with Crippen molar-refractivity contribution in [1.29, 1.82) is 0 Å². The smallest absolute Gasteiger partial charge is 0.242 e. The van der Waals surface area contributed by atoms with Crippen molar-refractivity contribution in [2.75, 3.05) is 18.6 Å². The highest BCUT2D eigenvalue weighted by molar-refractivity contribution is 7.98. The number of nitrogens with zero attached hydrogens (tertiary/aromatic N) is 1. The maximum atomic E-state index is 12.4. The lowest BCUT2D eigenvalue weighted by Gasteiger charge is -2.22. The summed E-state index contributed by atoms with van der Waals surface area (Å²) in [4.78, 5) is 4.27. The summed E-state index contributed by atoms with van der Waals surface area (Å²) in [6.45, 7) is 1.56. The van der Waals surface area contributed by atoms with Crippen LogP contribution in [0.1, 0.15) is 6.92 Å². The second-order valence-electron chi connectivity index (χ2n) is 5.09. The fourth-order valence-electron chi connectivity index (χ4n) is 1.98. The zero-order chi connectivity index (χ0) is 15.5. The lowest BCUT2D eigenvalue weighted by Crippen LogP contribution is -2.42. The van der Waals surface area contributed by atoms with Gasteiger partial charge in [0.2, 0.25) is 10.0 Å². The van der Waals surface area contributed by atoms with Crippen molar-refractivity contribution in [3.63, 3.8) is 0 Å². The van der Waals surface area contributed by atoms with Crippen LogP contribution in [0.3, 0.4) is 0 Å². The SMILES string of the molecule is CSCC(C)(O)CNS(=O)(=O)c1cccc2cccnc12. The van der Waals surface area contributed by atoms with Gasteiger partial charge in [-0.3, -0.25) is 4.98 Å². The first-order valence-corrected chi connectivity index (χ1v) is 9.28. The quantitative estimate of drug-likeness (QED) is 0.843. The van der Waals surface area contributed by atoms with E-state index in [-0.39, 0.29) is 11.4 Å². The van der Waals surface area contributed by atoms with Crippen molar-refractivity contribution < 1.29 is 13.5 Å². The lowest BCUT2D eigenvalue weighted by molar-refractivity contribution is 0.0909. The van der Waals surface area contributed by atoms with Gasteiger partial charge < -0.3 is 5.11 Å². The second-order valence-corrected chi connectivity index (χ2v) is 7.69. The number of fused-ring (bicyclic) bond motifs is 1. The molecule has 5 nitrogen and oxygen atoms in total. The van der Waals surface area contributed by atoms with Crippen LogP contribution in [0, 0.1) is 0 Å². The molecular formula is C14H18N2O3S2. The van der Waals surface area contributed by atoms with Gasteiger partial charge >= 0.3 is 0 Å². The first kappa shape index (κ1) is 16.2. The van der Waals surface area contributed by atoms with E-state index >= 15 is 0 Å². The number of hydrogen-bond donors (Lipinski definition) is 2. The second kappa shape index (κ2) is 6.31. The average molecular weight is 326 g/mol. The first-order chi connectivity index (χ1) is 9.86. The Morgan fingerprint density at radius 1 is 1.33 bits per heavy atom. The van der Waals surface area contributed by atoms with E-state index in [0.29, 0.717) is 11.3 Å². The molecule has 0 bridgehead atoms. The summed E-state index contributed by atoms with van der Waals surface area (Å²) >= 11 is 1.46. The number of para-hydroxylation sites is 1. The topological polar surface area (TPSA) is 79.3 Å². The molecule has 1 aromatic carbocycles. The summed E-state index contributed by atoms with van der Waals surface area (Å²) in [5.41, 5.74) is -0.665. The summed E-state index contributed by atoms with van der Waals surface area (Å²) in [5.74, 6) is 0.448. The highest BCUT2D eigenvalue weighted by atomic mass is 32.2. The molecule has 21 heavy (non-hydrogen) atoms. The summed E-state index contributed by atoms with van der Waals surface area (Å²) < 4.78 is 27.3. The van der Waals surface area contributed by atoms with E-state index in [9.17, 15) is 13.5 Å². The van der Waals surface area contributed by atoms with Crippen LogP contribution in [-0.2, 0) is 10.0 Å². The van der Waals surface area contributed by atoms with Crippen LogP contribution < -0.4 is 4.72 Å². The number of nitrogens with one attached hydrogen (secondary N) is 1. The van der Waals surface area contributed by atoms with Crippen LogP contribution in [0.15, 0.2) is 41.4 Å². The first-order valence-electron chi connectivity index (χ1n) is 6.40. The molecule has 0 amide bonds. The minimum absolute atomic E-state index is 0.0423.